The van der Waals surface area contributed by atoms with E-state index in [-0.39, 0.29) is 19.0 Å². The number of nitriles is 1. The lowest BCUT2D eigenvalue weighted by Gasteiger charge is -2.13. The zero-order chi connectivity index (χ0) is 14.6. The lowest BCUT2D eigenvalue weighted by molar-refractivity contribution is -0.138. The molecule has 7 heteroatoms. The monoisotopic (exact) mass is 281 g/mol. The van der Waals surface area contributed by atoms with E-state index < -0.39 is 5.97 Å². The van der Waals surface area contributed by atoms with Gasteiger partial charge >= 0.3 is 5.97 Å². The minimum atomic E-state index is -0.990. The van der Waals surface area contributed by atoms with Gasteiger partial charge in [-0.1, -0.05) is 0 Å². The van der Waals surface area contributed by atoms with Gasteiger partial charge in [-0.05, 0) is 26.5 Å². The van der Waals surface area contributed by atoms with E-state index in [0.29, 0.717) is 10.6 Å². The van der Waals surface area contributed by atoms with Crippen molar-refractivity contribution in [1.29, 1.82) is 5.26 Å². The summed E-state index contributed by atoms with van der Waals surface area (Å²) < 4.78 is 0. The molecule has 102 valence electrons. The van der Waals surface area contributed by atoms with E-state index in [9.17, 15) is 9.59 Å². The normalized spacial score (nSPS) is 10.3. The Labute approximate surface area is 115 Å². The van der Waals surface area contributed by atoms with Crippen molar-refractivity contribution in [1.82, 2.24) is 4.90 Å². The lowest BCUT2D eigenvalue weighted by atomic mass is 10.2. The SMILES string of the molecule is Cc1sc(NC(=O)CN(C)CC(=O)O)c(C#N)c1C. The molecule has 0 saturated carbocycles. The maximum absolute atomic E-state index is 11.7. The largest absolute Gasteiger partial charge is 0.480 e. The van der Waals surface area contributed by atoms with E-state index in [1.807, 2.05) is 13.8 Å². The van der Waals surface area contributed by atoms with Crippen LogP contribution in [0.15, 0.2) is 0 Å². The number of carboxylic acid groups (broad SMARTS) is 1. The molecule has 0 fully saturated rings. The van der Waals surface area contributed by atoms with E-state index in [0.717, 1.165) is 10.4 Å². The van der Waals surface area contributed by atoms with Crippen LogP contribution >= 0.6 is 11.3 Å². The van der Waals surface area contributed by atoms with Gasteiger partial charge in [0.05, 0.1) is 18.7 Å². The Hall–Kier alpha value is -1.91. The number of carbonyl (C=O) groups is 2. The topological polar surface area (TPSA) is 93.4 Å². The summed E-state index contributed by atoms with van der Waals surface area (Å²) in [4.78, 5) is 24.6. The van der Waals surface area contributed by atoms with Gasteiger partial charge in [0.15, 0.2) is 0 Å². The third-order valence-electron chi connectivity index (χ3n) is 2.57. The number of aryl methyl sites for hydroxylation is 1. The molecule has 1 rings (SSSR count). The maximum Gasteiger partial charge on any atom is 0.317 e. The molecule has 0 radical (unpaired) electrons. The van der Waals surface area contributed by atoms with Crippen molar-refractivity contribution in [2.75, 3.05) is 25.5 Å². The van der Waals surface area contributed by atoms with E-state index >= 15 is 0 Å². The summed E-state index contributed by atoms with van der Waals surface area (Å²) >= 11 is 1.35. The first-order valence-corrected chi connectivity index (χ1v) is 6.37. The van der Waals surface area contributed by atoms with Crippen LogP contribution in [0.5, 0.6) is 0 Å². The Bertz CT molecular complexity index is 545. The predicted octanol–water partition coefficient (Wildman–Crippen LogP) is 1.19. The zero-order valence-electron chi connectivity index (χ0n) is 11.0. The minimum absolute atomic E-state index is 0.0346. The Balaban J connectivity index is 2.70. The number of aliphatic carboxylic acids is 1. The third-order valence-corrected chi connectivity index (χ3v) is 3.69. The molecule has 1 heterocycles. The van der Waals surface area contributed by atoms with Crippen LogP contribution < -0.4 is 5.32 Å². The molecule has 0 bridgehead atoms. The summed E-state index contributed by atoms with van der Waals surface area (Å²) in [5.41, 5.74) is 1.33. The molecule has 0 aliphatic rings. The van der Waals surface area contributed by atoms with Crippen molar-refractivity contribution in [3.05, 3.63) is 16.0 Å². The first-order valence-electron chi connectivity index (χ1n) is 5.55. The Morgan fingerprint density at radius 1 is 1.42 bits per heavy atom. The fraction of sp³-hybridized carbons (Fsp3) is 0.417. The minimum Gasteiger partial charge on any atom is -0.480 e. The molecule has 0 aliphatic heterocycles. The van der Waals surface area contributed by atoms with Crippen LogP contribution in [0, 0.1) is 25.2 Å². The molecule has 0 spiro atoms. The molecule has 1 amide bonds. The first-order chi connectivity index (χ1) is 8.85. The Morgan fingerprint density at radius 2 is 2.05 bits per heavy atom. The van der Waals surface area contributed by atoms with Crippen LogP contribution in [0.1, 0.15) is 16.0 Å². The van der Waals surface area contributed by atoms with E-state index in [1.54, 1.807) is 7.05 Å². The van der Waals surface area contributed by atoms with Gasteiger partial charge in [-0.25, -0.2) is 0 Å². The van der Waals surface area contributed by atoms with Crippen LogP contribution in [0.25, 0.3) is 0 Å². The number of likely N-dealkylation sites (N-methyl/N-ethyl adjacent to an activating group) is 1. The molecular weight excluding hydrogens is 266 g/mol. The highest BCUT2D eigenvalue weighted by molar-refractivity contribution is 7.16. The molecule has 2 N–H and O–H groups in total. The van der Waals surface area contributed by atoms with Crippen LogP contribution in [0.3, 0.4) is 0 Å². The predicted molar refractivity (Wildman–Crippen MR) is 72.3 cm³/mol. The lowest BCUT2D eigenvalue weighted by Crippen LogP contribution is -2.33. The summed E-state index contributed by atoms with van der Waals surface area (Å²) in [7, 11) is 1.55. The smallest absolute Gasteiger partial charge is 0.317 e. The van der Waals surface area contributed by atoms with Crippen molar-refractivity contribution in [2.45, 2.75) is 13.8 Å². The number of carbonyl (C=O) groups excluding carboxylic acids is 1. The van der Waals surface area contributed by atoms with Gasteiger partial charge in [0.2, 0.25) is 5.91 Å². The summed E-state index contributed by atoms with van der Waals surface area (Å²) in [5, 5.41) is 20.8. The first kappa shape index (κ1) is 15.1. The quantitative estimate of drug-likeness (QED) is 0.845. The van der Waals surface area contributed by atoms with Gasteiger partial charge in [-0.3, -0.25) is 14.5 Å². The van der Waals surface area contributed by atoms with Crippen LogP contribution in [0.2, 0.25) is 0 Å². The molecule has 0 atom stereocenters. The summed E-state index contributed by atoms with van der Waals surface area (Å²) in [6.07, 6.45) is 0. The second-order valence-corrected chi connectivity index (χ2v) is 5.44. The highest BCUT2D eigenvalue weighted by Crippen LogP contribution is 2.31. The number of nitrogens with zero attached hydrogens (tertiary/aromatic N) is 2. The summed E-state index contributed by atoms with van der Waals surface area (Å²) in [5.74, 6) is -1.32. The molecular formula is C12H15N3O3S. The second kappa shape index (κ2) is 6.31. The van der Waals surface area contributed by atoms with Gasteiger partial charge in [-0.2, -0.15) is 5.26 Å². The number of hydrogen-bond acceptors (Lipinski definition) is 5. The number of anilines is 1. The summed E-state index contributed by atoms with van der Waals surface area (Å²) in [6, 6.07) is 2.06. The van der Waals surface area contributed by atoms with E-state index in [4.69, 9.17) is 10.4 Å². The molecule has 0 unspecified atom stereocenters. The molecule has 0 saturated heterocycles. The van der Waals surface area contributed by atoms with Gasteiger partial charge in [0.25, 0.3) is 0 Å². The molecule has 19 heavy (non-hydrogen) atoms. The van der Waals surface area contributed by atoms with Crippen molar-refractivity contribution < 1.29 is 14.7 Å². The van der Waals surface area contributed by atoms with Crippen molar-refractivity contribution in [2.24, 2.45) is 0 Å². The zero-order valence-corrected chi connectivity index (χ0v) is 11.8. The van der Waals surface area contributed by atoms with Gasteiger partial charge in [0, 0.05) is 4.88 Å². The molecule has 1 aromatic rings. The number of thiophene rings is 1. The number of hydrogen-bond donors (Lipinski definition) is 2. The fourth-order valence-electron chi connectivity index (χ4n) is 1.55. The van der Waals surface area contributed by atoms with E-state index in [1.165, 1.54) is 16.2 Å². The maximum atomic E-state index is 11.7. The average Bonchev–Trinajstić information content (AvgIpc) is 2.52. The van der Waals surface area contributed by atoms with Gasteiger partial charge in [0.1, 0.15) is 11.1 Å². The highest BCUT2D eigenvalue weighted by atomic mass is 32.1. The number of nitrogens with one attached hydrogen (secondary N) is 1. The van der Waals surface area contributed by atoms with Gasteiger partial charge < -0.3 is 10.4 Å². The van der Waals surface area contributed by atoms with Crippen LogP contribution in [0.4, 0.5) is 5.00 Å². The highest BCUT2D eigenvalue weighted by Gasteiger charge is 2.16. The number of carboxylic acids is 1. The fourth-order valence-corrected chi connectivity index (χ4v) is 2.57. The molecule has 1 aromatic heterocycles. The van der Waals surface area contributed by atoms with Crippen LogP contribution in [-0.2, 0) is 9.59 Å². The van der Waals surface area contributed by atoms with Gasteiger partial charge in [-0.15, -0.1) is 11.3 Å². The average molecular weight is 281 g/mol. The van der Waals surface area contributed by atoms with Crippen molar-refractivity contribution >= 4 is 28.2 Å². The molecule has 0 aromatic carbocycles. The molecule has 0 aliphatic carbocycles. The number of rotatable bonds is 5. The Morgan fingerprint density at radius 3 is 2.58 bits per heavy atom. The molecule has 6 nitrogen and oxygen atoms in total. The number of amides is 1. The Kier molecular flexibility index (Phi) is 5.03. The van der Waals surface area contributed by atoms with E-state index in [2.05, 4.69) is 11.4 Å². The second-order valence-electron chi connectivity index (χ2n) is 4.21. The van der Waals surface area contributed by atoms with Crippen molar-refractivity contribution in [3.8, 4) is 6.07 Å². The standard InChI is InChI=1S/C12H15N3O3S/c1-7-8(2)19-12(9(7)4-13)14-10(16)5-15(3)6-11(17)18/h5-6H2,1-3H3,(H,14,16)(H,17,18). The third kappa shape index (κ3) is 4.05. The van der Waals surface area contributed by atoms with Crippen molar-refractivity contribution in [3.63, 3.8) is 0 Å². The van der Waals surface area contributed by atoms with Crippen LogP contribution in [-0.4, -0.2) is 42.0 Å². The summed E-state index contributed by atoms with van der Waals surface area (Å²) in [6.45, 7) is 3.47.